The van der Waals surface area contributed by atoms with E-state index in [9.17, 15) is 18.8 Å². The Balaban J connectivity index is 1.60. The van der Waals surface area contributed by atoms with Gasteiger partial charge in [-0.25, -0.2) is 9.18 Å². The van der Waals surface area contributed by atoms with Crippen LogP contribution in [0, 0.1) is 5.82 Å². The highest BCUT2D eigenvalue weighted by molar-refractivity contribution is 7.97. The Kier molecular flexibility index (Phi) is 6.80. The number of nitrogens with one attached hydrogen (secondary N) is 1. The van der Waals surface area contributed by atoms with Crippen LogP contribution in [0.1, 0.15) is 6.92 Å². The Labute approximate surface area is 171 Å². The molecule has 9 nitrogen and oxygen atoms in total. The quantitative estimate of drug-likeness (QED) is 0.642. The number of piperazine rings is 1. The number of rotatable bonds is 6. The van der Waals surface area contributed by atoms with Gasteiger partial charge in [0.15, 0.2) is 0 Å². The number of aliphatic hydroxyl groups is 1. The summed E-state index contributed by atoms with van der Waals surface area (Å²) in [7, 11) is 0. The van der Waals surface area contributed by atoms with Crippen LogP contribution in [-0.2, 0) is 14.3 Å². The maximum absolute atomic E-state index is 14.7. The maximum atomic E-state index is 14.7. The average molecular weight is 426 g/mol. The predicted octanol–water partition coefficient (Wildman–Crippen LogP) is 0.576. The molecule has 0 radical (unpaired) electrons. The van der Waals surface area contributed by atoms with Gasteiger partial charge >= 0.3 is 6.09 Å². The van der Waals surface area contributed by atoms with Crippen molar-refractivity contribution >= 4 is 41.2 Å². The SMILES string of the molecule is CC(=O)NSC[C@@H]1CN(c2ccc(N3CCN(C(=O)CO)CC3)c(F)c2)C(=O)O1. The zero-order valence-corrected chi connectivity index (χ0v) is 16.8. The van der Waals surface area contributed by atoms with Crippen LogP contribution in [0.2, 0.25) is 0 Å². The van der Waals surface area contributed by atoms with Crippen LogP contribution in [0.4, 0.5) is 20.6 Å². The van der Waals surface area contributed by atoms with Crippen molar-refractivity contribution in [1.82, 2.24) is 9.62 Å². The molecule has 2 fully saturated rings. The van der Waals surface area contributed by atoms with E-state index in [0.717, 1.165) is 11.9 Å². The van der Waals surface area contributed by atoms with Crippen LogP contribution in [0.25, 0.3) is 0 Å². The Morgan fingerprint density at radius 1 is 1.31 bits per heavy atom. The number of cyclic esters (lactones) is 1. The molecule has 29 heavy (non-hydrogen) atoms. The van der Waals surface area contributed by atoms with Gasteiger partial charge in [0, 0.05) is 33.1 Å². The lowest BCUT2D eigenvalue weighted by Crippen LogP contribution is -2.49. The van der Waals surface area contributed by atoms with Crippen LogP contribution in [0.5, 0.6) is 0 Å². The zero-order valence-electron chi connectivity index (χ0n) is 16.0. The van der Waals surface area contributed by atoms with Gasteiger partial charge in [0.1, 0.15) is 18.5 Å². The summed E-state index contributed by atoms with van der Waals surface area (Å²) in [6.45, 7) is 2.87. The third-order valence-corrected chi connectivity index (χ3v) is 5.68. The Morgan fingerprint density at radius 2 is 2.03 bits per heavy atom. The fourth-order valence-electron chi connectivity index (χ4n) is 3.27. The van der Waals surface area contributed by atoms with Gasteiger partial charge in [-0.1, -0.05) is 0 Å². The molecule has 0 aromatic heterocycles. The summed E-state index contributed by atoms with van der Waals surface area (Å²) in [6, 6.07) is 4.57. The number of anilines is 2. The first kappa shape index (κ1) is 21.2. The highest BCUT2D eigenvalue weighted by atomic mass is 32.2. The lowest BCUT2D eigenvalue weighted by Gasteiger charge is -2.36. The first-order valence-corrected chi connectivity index (χ1v) is 10.2. The molecule has 2 N–H and O–H groups in total. The van der Waals surface area contributed by atoms with E-state index in [0.29, 0.717) is 43.3 Å². The number of amides is 3. The maximum Gasteiger partial charge on any atom is 0.414 e. The van der Waals surface area contributed by atoms with Crippen LogP contribution in [-0.4, -0.2) is 79.1 Å². The van der Waals surface area contributed by atoms with Crippen LogP contribution < -0.4 is 14.5 Å². The number of hydrogen-bond donors (Lipinski definition) is 2. The molecular formula is C18H23FN4O5S. The van der Waals surface area contributed by atoms with E-state index in [2.05, 4.69) is 4.72 Å². The summed E-state index contributed by atoms with van der Waals surface area (Å²) in [5, 5.41) is 8.93. The fraction of sp³-hybridized carbons (Fsp3) is 0.500. The van der Waals surface area contributed by atoms with Crippen LogP contribution >= 0.6 is 11.9 Å². The molecule has 11 heteroatoms. The van der Waals surface area contributed by atoms with Crippen LogP contribution in [0.3, 0.4) is 0 Å². The molecule has 0 spiro atoms. The second-order valence-corrected chi connectivity index (χ2v) is 7.57. The standard InChI is InChI=1S/C18H23FN4O5S/c1-12(25)20-29-11-14-9-23(18(27)28-14)13-2-3-16(15(19)8-13)21-4-6-22(7-5-21)17(26)10-24/h2-3,8,14,24H,4-7,9-11H2,1H3,(H,20,25)/t14-/m0/s1. The first-order chi connectivity index (χ1) is 13.9. The monoisotopic (exact) mass is 426 g/mol. The number of aliphatic hydroxyl groups excluding tert-OH is 1. The summed E-state index contributed by atoms with van der Waals surface area (Å²) in [4.78, 5) is 39.3. The Bertz CT molecular complexity index is 788. The summed E-state index contributed by atoms with van der Waals surface area (Å²) in [5.74, 6) is -0.581. The van der Waals surface area contributed by atoms with E-state index in [-0.39, 0.29) is 18.4 Å². The molecule has 1 aromatic carbocycles. The second-order valence-electron chi connectivity index (χ2n) is 6.75. The largest absolute Gasteiger partial charge is 0.443 e. The van der Waals surface area contributed by atoms with Gasteiger partial charge in [-0.3, -0.25) is 14.5 Å². The molecule has 1 atom stereocenters. The highest BCUT2D eigenvalue weighted by Gasteiger charge is 2.33. The normalized spacial score (nSPS) is 19.3. The molecule has 2 saturated heterocycles. The molecule has 3 amide bonds. The third-order valence-electron chi connectivity index (χ3n) is 4.71. The molecule has 2 aliphatic rings. The van der Waals surface area contributed by atoms with E-state index in [1.807, 2.05) is 4.90 Å². The molecule has 0 saturated carbocycles. The molecule has 1 aromatic rings. The molecule has 2 aliphatic heterocycles. The third kappa shape index (κ3) is 5.10. The van der Waals surface area contributed by atoms with Gasteiger partial charge in [0.2, 0.25) is 11.8 Å². The highest BCUT2D eigenvalue weighted by Crippen LogP contribution is 2.29. The summed E-state index contributed by atoms with van der Waals surface area (Å²) >= 11 is 1.16. The number of carbonyl (C=O) groups is 3. The molecule has 2 heterocycles. The van der Waals surface area contributed by atoms with E-state index < -0.39 is 24.6 Å². The molecule has 0 unspecified atom stereocenters. The number of benzene rings is 1. The van der Waals surface area contributed by atoms with Crippen LogP contribution in [0.15, 0.2) is 18.2 Å². The van der Waals surface area contributed by atoms with E-state index in [1.54, 1.807) is 17.0 Å². The van der Waals surface area contributed by atoms with Crippen molar-refractivity contribution in [3.8, 4) is 0 Å². The van der Waals surface area contributed by atoms with Crippen molar-refractivity contribution in [3.63, 3.8) is 0 Å². The van der Waals surface area contributed by atoms with Gasteiger partial charge in [-0.15, -0.1) is 0 Å². The van der Waals surface area contributed by atoms with E-state index in [1.165, 1.54) is 17.9 Å². The van der Waals surface area contributed by atoms with Crippen molar-refractivity contribution in [1.29, 1.82) is 0 Å². The van der Waals surface area contributed by atoms with Gasteiger partial charge in [-0.05, 0) is 30.1 Å². The Morgan fingerprint density at radius 3 is 2.66 bits per heavy atom. The fourth-order valence-corrected chi connectivity index (χ4v) is 3.92. The molecule has 158 valence electrons. The van der Waals surface area contributed by atoms with Crippen molar-refractivity contribution in [2.24, 2.45) is 0 Å². The molecule has 0 aliphatic carbocycles. The Hall–Kier alpha value is -2.53. The summed E-state index contributed by atoms with van der Waals surface area (Å²) < 4.78 is 22.6. The molecular weight excluding hydrogens is 403 g/mol. The van der Waals surface area contributed by atoms with Crippen molar-refractivity contribution < 1.29 is 28.6 Å². The smallest absolute Gasteiger partial charge is 0.414 e. The zero-order chi connectivity index (χ0) is 21.0. The second kappa shape index (κ2) is 9.31. The van der Waals surface area contributed by atoms with Crippen molar-refractivity contribution in [2.45, 2.75) is 13.0 Å². The van der Waals surface area contributed by atoms with Gasteiger partial charge in [-0.2, -0.15) is 0 Å². The molecule has 0 bridgehead atoms. The minimum atomic E-state index is -0.554. The van der Waals surface area contributed by atoms with E-state index >= 15 is 0 Å². The number of hydrogen-bond acceptors (Lipinski definition) is 7. The number of ether oxygens (including phenoxy) is 1. The van der Waals surface area contributed by atoms with Crippen molar-refractivity contribution in [3.05, 3.63) is 24.0 Å². The van der Waals surface area contributed by atoms with Gasteiger partial charge < -0.3 is 24.4 Å². The topological polar surface area (TPSA) is 102 Å². The summed E-state index contributed by atoms with van der Waals surface area (Å²) in [5.41, 5.74) is 0.799. The van der Waals surface area contributed by atoms with Crippen molar-refractivity contribution in [2.75, 3.05) is 54.9 Å². The number of carbonyl (C=O) groups excluding carboxylic acids is 3. The van der Waals surface area contributed by atoms with E-state index in [4.69, 9.17) is 9.84 Å². The summed E-state index contributed by atoms with van der Waals surface area (Å²) in [6.07, 6.45) is -0.957. The predicted molar refractivity (Wildman–Crippen MR) is 106 cm³/mol. The number of nitrogens with zero attached hydrogens (tertiary/aromatic N) is 3. The first-order valence-electron chi connectivity index (χ1n) is 9.18. The average Bonchev–Trinajstić information content (AvgIpc) is 3.07. The minimum absolute atomic E-state index is 0.185. The lowest BCUT2D eigenvalue weighted by atomic mass is 10.2. The van der Waals surface area contributed by atoms with Gasteiger partial charge in [0.25, 0.3) is 0 Å². The number of halogens is 1. The minimum Gasteiger partial charge on any atom is -0.443 e. The van der Waals surface area contributed by atoms with Gasteiger partial charge in [0.05, 0.1) is 23.7 Å². The molecule has 3 rings (SSSR count). The lowest BCUT2D eigenvalue weighted by molar-refractivity contribution is -0.134.